The Morgan fingerprint density at radius 3 is 2.71 bits per heavy atom. The van der Waals surface area contributed by atoms with E-state index in [2.05, 4.69) is 10.3 Å². The summed E-state index contributed by atoms with van der Waals surface area (Å²) in [5.74, 6) is 1.02. The average molecular weight is 498 g/mol. The SMILES string of the molecule is COc1ccc(C(=O)NCc2ccc(-c3nc4ccccc4s3)o2)cc1S(=O)(=O)N1CCCC1. The van der Waals surface area contributed by atoms with Crippen LogP contribution in [0.15, 0.2) is 63.9 Å². The van der Waals surface area contributed by atoms with Crippen molar-refractivity contribution in [3.8, 4) is 16.5 Å². The van der Waals surface area contributed by atoms with Crippen LogP contribution >= 0.6 is 11.3 Å². The van der Waals surface area contributed by atoms with Gasteiger partial charge in [0.2, 0.25) is 10.0 Å². The highest BCUT2D eigenvalue weighted by Gasteiger charge is 2.30. The van der Waals surface area contributed by atoms with E-state index in [-0.39, 0.29) is 22.8 Å². The number of nitrogens with one attached hydrogen (secondary N) is 1. The number of carbonyl (C=O) groups excluding carboxylic acids is 1. The highest BCUT2D eigenvalue weighted by atomic mass is 32.2. The van der Waals surface area contributed by atoms with Crippen molar-refractivity contribution in [2.75, 3.05) is 20.2 Å². The second-order valence-electron chi connectivity index (χ2n) is 7.91. The number of sulfonamides is 1. The van der Waals surface area contributed by atoms with E-state index in [1.807, 2.05) is 30.3 Å². The predicted molar refractivity (Wildman–Crippen MR) is 129 cm³/mol. The number of carbonyl (C=O) groups is 1. The molecule has 34 heavy (non-hydrogen) atoms. The van der Waals surface area contributed by atoms with Crippen LogP contribution in [0.5, 0.6) is 5.75 Å². The van der Waals surface area contributed by atoms with E-state index in [1.54, 1.807) is 12.1 Å². The summed E-state index contributed by atoms with van der Waals surface area (Å²) in [7, 11) is -2.32. The van der Waals surface area contributed by atoms with Crippen molar-refractivity contribution >= 4 is 37.5 Å². The van der Waals surface area contributed by atoms with Crippen LogP contribution in [0.2, 0.25) is 0 Å². The topological polar surface area (TPSA) is 102 Å². The van der Waals surface area contributed by atoms with E-state index in [0.29, 0.717) is 24.6 Å². The summed E-state index contributed by atoms with van der Waals surface area (Å²) in [6.45, 7) is 1.10. The maximum atomic E-state index is 13.1. The molecule has 0 spiro atoms. The second kappa shape index (κ2) is 9.21. The third kappa shape index (κ3) is 4.31. The lowest BCUT2D eigenvalue weighted by Gasteiger charge is -2.18. The first-order valence-electron chi connectivity index (χ1n) is 10.9. The first-order chi connectivity index (χ1) is 16.5. The minimum atomic E-state index is -3.74. The average Bonchev–Trinajstić information content (AvgIpc) is 3.62. The van der Waals surface area contributed by atoms with Gasteiger partial charge in [-0.3, -0.25) is 4.79 Å². The molecule has 1 aliphatic rings. The zero-order valence-corrected chi connectivity index (χ0v) is 20.1. The second-order valence-corrected chi connectivity index (χ2v) is 10.8. The molecule has 1 fully saturated rings. The molecule has 176 valence electrons. The normalized spacial score (nSPS) is 14.5. The molecule has 4 aromatic rings. The Morgan fingerprint density at radius 2 is 1.94 bits per heavy atom. The van der Waals surface area contributed by atoms with Gasteiger partial charge in [-0.2, -0.15) is 4.31 Å². The van der Waals surface area contributed by atoms with Crippen LogP contribution in [-0.2, 0) is 16.6 Å². The number of nitrogens with zero attached hydrogens (tertiary/aromatic N) is 2. The molecule has 0 unspecified atom stereocenters. The molecular formula is C24H23N3O5S2. The van der Waals surface area contributed by atoms with Crippen molar-refractivity contribution in [2.24, 2.45) is 0 Å². The summed E-state index contributed by atoms with van der Waals surface area (Å²) in [6.07, 6.45) is 1.65. The highest BCUT2D eigenvalue weighted by Crippen LogP contribution is 2.32. The summed E-state index contributed by atoms with van der Waals surface area (Å²) in [5.41, 5.74) is 1.14. The molecule has 0 aliphatic carbocycles. The van der Waals surface area contributed by atoms with Gasteiger partial charge in [0.1, 0.15) is 16.4 Å². The van der Waals surface area contributed by atoms with Gasteiger partial charge in [-0.15, -0.1) is 11.3 Å². The number of rotatable bonds is 7. The van der Waals surface area contributed by atoms with Crippen LogP contribution in [0.25, 0.3) is 21.0 Å². The van der Waals surface area contributed by atoms with Crippen molar-refractivity contribution in [1.82, 2.24) is 14.6 Å². The van der Waals surface area contributed by atoms with Gasteiger partial charge in [0.15, 0.2) is 10.8 Å². The summed E-state index contributed by atoms with van der Waals surface area (Å²) in [5, 5.41) is 3.56. The van der Waals surface area contributed by atoms with Gasteiger partial charge in [0.05, 0.1) is 23.9 Å². The van der Waals surface area contributed by atoms with Crippen LogP contribution in [-0.4, -0.2) is 43.8 Å². The number of para-hydroxylation sites is 1. The molecule has 10 heteroatoms. The van der Waals surface area contributed by atoms with E-state index in [0.717, 1.165) is 28.1 Å². The number of ether oxygens (including phenoxy) is 1. The number of benzene rings is 2. The van der Waals surface area contributed by atoms with Crippen LogP contribution < -0.4 is 10.1 Å². The van der Waals surface area contributed by atoms with E-state index >= 15 is 0 Å². The van der Waals surface area contributed by atoms with Gasteiger partial charge in [0.25, 0.3) is 5.91 Å². The van der Waals surface area contributed by atoms with Gasteiger partial charge >= 0.3 is 0 Å². The standard InChI is InChI=1S/C24H23N3O5S2/c1-31-19-10-8-16(14-22(19)34(29,30)27-12-4-5-13-27)23(28)25-15-17-9-11-20(32-17)24-26-18-6-2-3-7-21(18)33-24/h2-3,6-11,14H,4-5,12-13,15H2,1H3,(H,25,28). The fourth-order valence-corrected chi connectivity index (χ4v) is 6.55. The predicted octanol–water partition coefficient (Wildman–Crippen LogP) is 4.28. The summed E-state index contributed by atoms with van der Waals surface area (Å²) >= 11 is 1.54. The Balaban J connectivity index is 1.31. The van der Waals surface area contributed by atoms with Gasteiger partial charge in [0, 0.05) is 18.7 Å². The minimum Gasteiger partial charge on any atom is -0.495 e. The molecule has 1 amide bonds. The number of furan rings is 1. The zero-order valence-electron chi connectivity index (χ0n) is 18.5. The van der Waals surface area contributed by atoms with Crippen LogP contribution in [0.3, 0.4) is 0 Å². The molecule has 1 saturated heterocycles. The van der Waals surface area contributed by atoms with Crippen molar-refractivity contribution < 1.29 is 22.4 Å². The monoisotopic (exact) mass is 497 g/mol. The van der Waals surface area contributed by atoms with Crippen LogP contribution in [0, 0.1) is 0 Å². The highest BCUT2D eigenvalue weighted by molar-refractivity contribution is 7.89. The van der Waals surface area contributed by atoms with Gasteiger partial charge < -0.3 is 14.5 Å². The van der Waals surface area contributed by atoms with Crippen LogP contribution in [0.4, 0.5) is 0 Å². The number of aromatic nitrogens is 1. The quantitative estimate of drug-likeness (QED) is 0.409. The van der Waals surface area contributed by atoms with Crippen LogP contribution in [0.1, 0.15) is 29.0 Å². The maximum Gasteiger partial charge on any atom is 0.251 e. The fourth-order valence-electron chi connectivity index (χ4n) is 3.92. The van der Waals surface area contributed by atoms with Gasteiger partial charge in [-0.05, 0) is 55.3 Å². The van der Waals surface area contributed by atoms with Crippen molar-refractivity contribution in [1.29, 1.82) is 0 Å². The smallest absolute Gasteiger partial charge is 0.251 e. The number of methoxy groups -OCH3 is 1. The Labute approximate surface area is 201 Å². The van der Waals surface area contributed by atoms with E-state index < -0.39 is 15.9 Å². The first kappa shape index (κ1) is 22.6. The lowest BCUT2D eigenvalue weighted by molar-refractivity contribution is 0.0948. The van der Waals surface area contributed by atoms with E-state index in [9.17, 15) is 13.2 Å². The lowest BCUT2D eigenvalue weighted by Crippen LogP contribution is -2.29. The van der Waals surface area contributed by atoms with Gasteiger partial charge in [-0.25, -0.2) is 13.4 Å². The third-order valence-corrected chi connectivity index (χ3v) is 8.67. The summed E-state index contributed by atoms with van der Waals surface area (Å²) in [6, 6.07) is 15.9. The Kier molecular flexibility index (Phi) is 6.11. The van der Waals surface area contributed by atoms with E-state index in [1.165, 1.54) is 34.9 Å². The Hall–Kier alpha value is -3.21. The first-order valence-corrected chi connectivity index (χ1v) is 13.1. The fraction of sp³-hybridized carbons (Fsp3) is 0.250. The lowest BCUT2D eigenvalue weighted by atomic mass is 10.2. The van der Waals surface area contributed by atoms with Crippen molar-refractivity contribution in [2.45, 2.75) is 24.3 Å². The molecule has 8 nitrogen and oxygen atoms in total. The molecular weight excluding hydrogens is 474 g/mol. The Morgan fingerprint density at radius 1 is 1.15 bits per heavy atom. The molecule has 5 rings (SSSR count). The number of amides is 1. The van der Waals surface area contributed by atoms with Gasteiger partial charge in [-0.1, -0.05) is 12.1 Å². The summed E-state index contributed by atoms with van der Waals surface area (Å²) < 4.78 is 39.8. The number of fused-ring (bicyclic) bond motifs is 1. The Bertz CT molecular complexity index is 1420. The molecule has 0 saturated carbocycles. The number of thiazole rings is 1. The molecule has 0 radical (unpaired) electrons. The maximum absolute atomic E-state index is 13.1. The molecule has 1 N–H and O–H groups in total. The largest absolute Gasteiger partial charge is 0.495 e. The van der Waals surface area contributed by atoms with E-state index in [4.69, 9.17) is 9.15 Å². The molecule has 0 atom stereocenters. The molecule has 2 aromatic heterocycles. The number of hydrogen-bond acceptors (Lipinski definition) is 7. The zero-order chi connectivity index (χ0) is 23.7. The van der Waals surface area contributed by atoms with Crippen molar-refractivity contribution in [3.05, 3.63) is 65.9 Å². The third-order valence-electron chi connectivity index (χ3n) is 5.70. The molecule has 3 heterocycles. The molecule has 2 aromatic carbocycles. The molecule has 1 aliphatic heterocycles. The summed E-state index contributed by atoms with van der Waals surface area (Å²) in [4.78, 5) is 17.4. The minimum absolute atomic E-state index is 0.000621. The molecule has 0 bridgehead atoms. The van der Waals surface area contributed by atoms with Crippen molar-refractivity contribution in [3.63, 3.8) is 0 Å². The number of hydrogen-bond donors (Lipinski definition) is 1.